The Kier molecular flexibility index (Phi) is 3.88. The Morgan fingerprint density at radius 2 is 2.28 bits per heavy atom. The molecule has 2 rings (SSSR count). The van der Waals surface area contributed by atoms with Crippen LogP contribution in [0.15, 0.2) is 18.2 Å². The normalized spacial score (nSPS) is 12.6. The molecule has 0 fully saturated rings. The van der Waals surface area contributed by atoms with Crippen molar-refractivity contribution in [2.45, 2.75) is 32.7 Å². The van der Waals surface area contributed by atoms with E-state index in [1.54, 1.807) is 6.07 Å². The topological polar surface area (TPSA) is 41.6 Å². The monoisotopic (exact) mass is 261 g/mol. The molecule has 0 aliphatic heterocycles. The molecule has 1 aromatic heterocycles. The maximum absolute atomic E-state index is 9.10. The van der Waals surface area contributed by atoms with Gasteiger partial charge in [-0.05, 0) is 18.1 Å². The average molecular weight is 262 g/mol. The van der Waals surface area contributed by atoms with Gasteiger partial charge in [0, 0.05) is 6.54 Å². The van der Waals surface area contributed by atoms with Crippen LogP contribution in [0, 0.1) is 17.2 Å². The van der Waals surface area contributed by atoms with Crippen LogP contribution in [-0.4, -0.2) is 9.55 Å². The van der Waals surface area contributed by atoms with Crippen molar-refractivity contribution in [3.05, 3.63) is 29.6 Å². The smallest absolute Gasteiger partial charge is 0.124 e. The summed E-state index contributed by atoms with van der Waals surface area (Å²) < 4.78 is 2.14. The van der Waals surface area contributed by atoms with E-state index in [0.717, 1.165) is 29.8 Å². The Morgan fingerprint density at radius 1 is 1.50 bits per heavy atom. The van der Waals surface area contributed by atoms with E-state index < -0.39 is 0 Å². The third kappa shape index (κ3) is 2.21. The van der Waals surface area contributed by atoms with E-state index in [1.807, 2.05) is 12.1 Å². The highest BCUT2D eigenvalue weighted by Crippen LogP contribution is 2.22. The predicted molar refractivity (Wildman–Crippen MR) is 73.5 cm³/mol. The van der Waals surface area contributed by atoms with Gasteiger partial charge in [0.15, 0.2) is 0 Å². The van der Waals surface area contributed by atoms with Crippen molar-refractivity contribution in [1.29, 1.82) is 5.26 Å². The molecule has 0 aliphatic carbocycles. The van der Waals surface area contributed by atoms with Crippen LogP contribution in [0.25, 0.3) is 11.0 Å². The number of aromatic nitrogens is 2. The third-order valence-corrected chi connectivity index (χ3v) is 3.53. The van der Waals surface area contributed by atoms with Gasteiger partial charge in [-0.3, -0.25) is 0 Å². The maximum atomic E-state index is 9.10. The second-order valence-corrected chi connectivity index (χ2v) is 4.84. The number of halogens is 1. The van der Waals surface area contributed by atoms with Crippen molar-refractivity contribution in [3.8, 4) is 6.07 Å². The minimum absolute atomic E-state index is 0.371. The van der Waals surface area contributed by atoms with Crippen LogP contribution < -0.4 is 0 Å². The zero-order chi connectivity index (χ0) is 13.1. The number of fused-ring (bicyclic) bond motifs is 1. The predicted octanol–water partition coefficient (Wildman–Crippen LogP) is 3.69. The fourth-order valence-corrected chi connectivity index (χ4v) is 2.24. The molecule has 0 saturated heterocycles. The molecule has 0 saturated carbocycles. The Bertz CT molecular complexity index is 595. The molecule has 0 aliphatic rings. The van der Waals surface area contributed by atoms with Crippen molar-refractivity contribution < 1.29 is 0 Å². The number of imidazole rings is 1. The van der Waals surface area contributed by atoms with E-state index in [4.69, 9.17) is 16.9 Å². The van der Waals surface area contributed by atoms with Crippen molar-refractivity contribution in [2.75, 3.05) is 0 Å². The molecule has 4 heteroatoms. The van der Waals surface area contributed by atoms with Crippen LogP contribution in [0.1, 0.15) is 31.7 Å². The largest absolute Gasteiger partial charge is 0.327 e. The number of para-hydroxylation sites is 1. The van der Waals surface area contributed by atoms with Gasteiger partial charge < -0.3 is 4.57 Å². The van der Waals surface area contributed by atoms with Gasteiger partial charge in [-0.1, -0.05) is 26.3 Å². The summed E-state index contributed by atoms with van der Waals surface area (Å²) in [6.07, 6.45) is 1.11. The summed E-state index contributed by atoms with van der Waals surface area (Å²) in [4.78, 5) is 4.50. The quantitative estimate of drug-likeness (QED) is 0.788. The number of alkyl halides is 1. The molecular weight excluding hydrogens is 246 g/mol. The van der Waals surface area contributed by atoms with Gasteiger partial charge >= 0.3 is 0 Å². The van der Waals surface area contributed by atoms with E-state index in [-0.39, 0.29) is 0 Å². The van der Waals surface area contributed by atoms with Crippen molar-refractivity contribution >= 4 is 22.6 Å². The number of nitriles is 1. The van der Waals surface area contributed by atoms with Crippen molar-refractivity contribution in [1.82, 2.24) is 9.55 Å². The van der Waals surface area contributed by atoms with Crippen molar-refractivity contribution in [2.24, 2.45) is 5.92 Å². The molecule has 0 amide bonds. The molecule has 1 aromatic carbocycles. The molecule has 0 bridgehead atoms. The van der Waals surface area contributed by atoms with E-state index in [9.17, 15) is 0 Å². The highest BCUT2D eigenvalue weighted by molar-refractivity contribution is 6.16. The van der Waals surface area contributed by atoms with Crippen LogP contribution in [-0.2, 0) is 12.4 Å². The van der Waals surface area contributed by atoms with Crippen molar-refractivity contribution in [3.63, 3.8) is 0 Å². The van der Waals surface area contributed by atoms with Crippen LogP contribution >= 0.6 is 11.6 Å². The molecular formula is C14H16ClN3. The highest BCUT2D eigenvalue weighted by Gasteiger charge is 2.14. The minimum atomic E-state index is 0.371. The Labute approximate surface area is 112 Å². The fourth-order valence-electron chi connectivity index (χ4n) is 2.03. The van der Waals surface area contributed by atoms with E-state index in [1.165, 1.54) is 0 Å². The lowest BCUT2D eigenvalue weighted by Crippen LogP contribution is -2.09. The number of benzene rings is 1. The molecule has 0 N–H and O–H groups in total. The molecule has 3 nitrogen and oxygen atoms in total. The first-order valence-electron chi connectivity index (χ1n) is 6.15. The summed E-state index contributed by atoms with van der Waals surface area (Å²) in [6, 6.07) is 7.87. The Morgan fingerprint density at radius 3 is 2.89 bits per heavy atom. The van der Waals surface area contributed by atoms with Gasteiger partial charge in [-0.15, -0.1) is 11.6 Å². The molecule has 18 heavy (non-hydrogen) atoms. The standard InChI is InChI=1S/C14H16ClN3/c1-3-10(2)9-18-12-6-4-5-11(8-16)14(12)17-13(18)7-15/h4-6,10H,3,7,9H2,1-2H3. The first kappa shape index (κ1) is 12.9. The van der Waals surface area contributed by atoms with Crippen LogP contribution in [0.3, 0.4) is 0 Å². The molecule has 2 aromatic rings. The fraction of sp³-hybridized carbons (Fsp3) is 0.429. The van der Waals surface area contributed by atoms with Gasteiger partial charge in [0.25, 0.3) is 0 Å². The zero-order valence-electron chi connectivity index (χ0n) is 10.7. The minimum Gasteiger partial charge on any atom is -0.327 e. The number of rotatable bonds is 4. The average Bonchev–Trinajstić information content (AvgIpc) is 2.76. The first-order chi connectivity index (χ1) is 8.71. The van der Waals surface area contributed by atoms with Crippen LogP contribution in [0.5, 0.6) is 0 Å². The van der Waals surface area contributed by atoms with E-state index >= 15 is 0 Å². The summed E-state index contributed by atoms with van der Waals surface area (Å²) in [6.45, 7) is 5.27. The SMILES string of the molecule is CCC(C)Cn1c(CCl)nc2c(C#N)cccc21. The van der Waals surface area contributed by atoms with Crippen LogP contribution in [0.4, 0.5) is 0 Å². The molecule has 0 spiro atoms. The molecule has 0 radical (unpaired) electrons. The molecule has 1 atom stereocenters. The summed E-state index contributed by atoms with van der Waals surface area (Å²) in [7, 11) is 0. The summed E-state index contributed by atoms with van der Waals surface area (Å²) in [5, 5.41) is 9.10. The lowest BCUT2D eigenvalue weighted by atomic mass is 10.1. The molecule has 94 valence electrons. The summed E-state index contributed by atoms with van der Waals surface area (Å²) in [5.41, 5.74) is 2.38. The lowest BCUT2D eigenvalue weighted by Gasteiger charge is -2.12. The second kappa shape index (κ2) is 5.41. The Hall–Kier alpha value is -1.53. The maximum Gasteiger partial charge on any atom is 0.124 e. The van der Waals surface area contributed by atoms with Gasteiger partial charge in [-0.2, -0.15) is 5.26 Å². The third-order valence-electron chi connectivity index (χ3n) is 3.29. The van der Waals surface area contributed by atoms with Crippen LogP contribution in [0.2, 0.25) is 0 Å². The Balaban J connectivity index is 2.60. The lowest BCUT2D eigenvalue weighted by molar-refractivity contribution is 0.469. The summed E-state index contributed by atoms with van der Waals surface area (Å²) in [5.74, 6) is 1.78. The molecule has 1 unspecified atom stereocenters. The zero-order valence-corrected chi connectivity index (χ0v) is 11.4. The number of hydrogen-bond donors (Lipinski definition) is 0. The summed E-state index contributed by atoms with van der Waals surface area (Å²) >= 11 is 5.96. The molecule has 1 heterocycles. The van der Waals surface area contributed by atoms with Gasteiger partial charge in [0.1, 0.15) is 17.4 Å². The second-order valence-electron chi connectivity index (χ2n) is 4.57. The number of hydrogen-bond acceptors (Lipinski definition) is 2. The van der Waals surface area contributed by atoms with Gasteiger partial charge in [0.2, 0.25) is 0 Å². The number of nitrogens with zero attached hydrogens (tertiary/aromatic N) is 3. The van der Waals surface area contributed by atoms with Gasteiger partial charge in [0.05, 0.1) is 17.0 Å². The first-order valence-corrected chi connectivity index (χ1v) is 6.68. The highest BCUT2D eigenvalue weighted by atomic mass is 35.5. The van der Waals surface area contributed by atoms with E-state index in [0.29, 0.717) is 17.4 Å². The van der Waals surface area contributed by atoms with E-state index in [2.05, 4.69) is 29.5 Å². The van der Waals surface area contributed by atoms with Gasteiger partial charge in [-0.25, -0.2) is 4.98 Å².